The van der Waals surface area contributed by atoms with Crippen LogP contribution in [0.2, 0.25) is 0 Å². The van der Waals surface area contributed by atoms with Gasteiger partial charge in [0, 0.05) is 12.3 Å². The fraction of sp³-hybridized carbons (Fsp3) is 0.438. The highest BCUT2D eigenvalue weighted by atomic mass is 127. The average Bonchev–Trinajstić information content (AvgIpc) is 2.97. The Balaban J connectivity index is 0.00000312. The van der Waals surface area contributed by atoms with Gasteiger partial charge in [-0.05, 0) is 43.4 Å². The van der Waals surface area contributed by atoms with Gasteiger partial charge >= 0.3 is 0 Å². The molecular weight excluding hydrogens is 456 g/mol. The van der Waals surface area contributed by atoms with Gasteiger partial charge in [0.1, 0.15) is 5.82 Å². The Hall–Kier alpha value is -1.36. The van der Waals surface area contributed by atoms with E-state index < -0.39 is 0 Å². The number of benzene rings is 1. The third-order valence-corrected chi connectivity index (χ3v) is 3.80. The lowest BCUT2D eigenvalue weighted by molar-refractivity contribution is 0.371. The molecule has 0 unspecified atom stereocenters. The van der Waals surface area contributed by atoms with E-state index in [-0.39, 0.29) is 29.8 Å². The summed E-state index contributed by atoms with van der Waals surface area (Å²) in [5, 5.41) is 10.1. The van der Waals surface area contributed by atoms with Gasteiger partial charge in [0.25, 0.3) is 0 Å². The van der Waals surface area contributed by atoms with Crippen LogP contribution in [0.4, 0.5) is 4.39 Å². The average molecular weight is 479 g/mol. The molecule has 0 aliphatic heterocycles. The van der Waals surface area contributed by atoms with Crippen molar-refractivity contribution in [2.75, 3.05) is 12.8 Å². The van der Waals surface area contributed by atoms with Crippen LogP contribution in [0.3, 0.4) is 0 Å². The number of hydrogen-bond donors (Lipinski definition) is 2. The molecule has 138 valence electrons. The predicted octanol–water partition coefficient (Wildman–Crippen LogP) is 3.25. The van der Waals surface area contributed by atoms with E-state index in [9.17, 15) is 4.39 Å². The zero-order valence-electron chi connectivity index (χ0n) is 14.5. The summed E-state index contributed by atoms with van der Waals surface area (Å²) < 4.78 is 18.5. The summed E-state index contributed by atoms with van der Waals surface area (Å²) in [6.45, 7) is 5.36. The summed E-state index contributed by atoms with van der Waals surface area (Å²) in [7, 11) is 0. The molecular formula is C16H23FIN5OS. The fourth-order valence-electron chi connectivity index (χ4n) is 2.12. The lowest BCUT2D eigenvalue weighted by atomic mass is 10.1. The normalized spacial score (nSPS) is 11.1. The van der Waals surface area contributed by atoms with Gasteiger partial charge in [0.05, 0.1) is 13.1 Å². The van der Waals surface area contributed by atoms with E-state index in [1.807, 2.05) is 13.2 Å². The van der Waals surface area contributed by atoms with Crippen LogP contribution >= 0.6 is 35.7 Å². The highest BCUT2D eigenvalue weighted by Gasteiger charge is 2.06. The third-order valence-electron chi connectivity index (χ3n) is 3.20. The monoisotopic (exact) mass is 479 g/mol. The van der Waals surface area contributed by atoms with Crippen LogP contribution in [-0.4, -0.2) is 28.9 Å². The maximum Gasteiger partial charge on any atom is 0.246 e. The smallest absolute Gasteiger partial charge is 0.246 e. The van der Waals surface area contributed by atoms with E-state index in [1.165, 1.54) is 6.07 Å². The molecule has 0 saturated heterocycles. The first-order chi connectivity index (χ1) is 11.6. The number of guanidine groups is 1. The molecule has 0 fully saturated rings. The molecule has 0 spiro atoms. The summed E-state index contributed by atoms with van der Waals surface area (Å²) in [5.41, 5.74) is 1.98. The number of aromatic nitrogens is 2. The number of hydrogen-bond acceptors (Lipinski definition) is 5. The first-order valence-electron chi connectivity index (χ1n) is 7.70. The van der Waals surface area contributed by atoms with E-state index in [0.717, 1.165) is 23.4 Å². The second kappa shape index (κ2) is 11.3. The third kappa shape index (κ3) is 7.18. The van der Waals surface area contributed by atoms with E-state index in [4.69, 9.17) is 4.52 Å². The molecule has 2 N–H and O–H groups in total. The van der Waals surface area contributed by atoms with Crippen LogP contribution in [0.15, 0.2) is 27.7 Å². The van der Waals surface area contributed by atoms with Gasteiger partial charge in [-0.1, -0.05) is 11.2 Å². The first kappa shape index (κ1) is 21.7. The molecule has 25 heavy (non-hydrogen) atoms. The van der Waals surface area contributed by atoms with Gasteiger partial charge in [0.2, 0.25) is 5.89 Å². The number of halogens is 2. The van der Waals surface area contributed by atoms with Gasteiger partial charge in [0.15, 0.2) is 11.8 Å². The Bertz CT molecular complexity index is 695. The topological polar surface area (TPSA) is 75.3 Å². The molecule has 0 amide bonds. The molecule has 6 nitrogen and oxygen atoms in total. The number of nitrogens with one attached hydrogen (secondary N) is 2. The van der Waals surface area contributed by atoms with Crippen LogP contribution in [0, 0.1) is 12.7 Å². The Morgan fingerprint density at radius 1 is 1.32 bits per heavy atom. The van der Waals surface area contributed by atoms with Crippen molar-refractivity contribution in [2.45, 2.75) is 32.7 Å². The molecule has 9 heteroatoms. The molecule has 0 radical (unpaired) electrons. The lowest BCUT2D eigenvalue weighted by Crippen LogP contribution is -2.36. The summed E-state index contributed by atoms with van der Waals surface area (Å²) in [4.78, 5) is 8.69. The van der Waals surface area contributed by atoms with Crippen molar-refractivity contribution in [1.82, 2.24) is 20.8 Å². The zero-order chi connectivity index (χ0) is 17.4. The minimum absolute atomic E-state index is 0. The van der Waals surface area contributed by atoms with Crippen LogP contribution in [0.25, 0.3) is 0 Å². The Morgan fingerprint density at radius 3 is 2.76 bits per heavy atom. The van der Waals surface area contributed by atoms with Gasteiger partial charge in [-0.15, -0.1) is 24.0 Å². The minimum atomic E-state index is -0.219. The summed E-state index contributed by atoms with van der Waals surface area (Å²) in [5.74, 6) is 2.29. The molecule has 1 aromatic heterocycles. The van der Waals surface area contributed by atoms with Gasteiger partial charge < -0.3 is 15.2 Å². The van der Waals surface area contributed by atoms with Crippen molar-refractivity contribution >= 4 is 41.7 Å². The molecule has 2 aromatic rings. The largest absolute Gasteiger partial charge is 0.357 e. The number of aliphatic imine (C=N–C) groups is 1. The molecule has 1 heterocycles. The first-order valence-corrected chi connectivity index (χ1v) is 9.09. The SMILES string of the molecule is CCNC(=NCc1ccc(F)cc1CSC)NCc1nc(C)no1.I. The van der Waals surface area contributed by atoms with Crippen molar-refractivity contribution in [3.63, 3.8) is 0 Å². The molecule has 0 saturated carbocycles. The maximum atomic E-state index is 13.4. The van der Waals surface area contributed by atoms with E-state index in [1.54, 1.807) is 30.8 Å². The summed E-state index contributed by atoms with van der Waals surface area (Å²) >= 11 is 1.66. The highest BCUT2D eigenvalue weighted by Crippen LogP contribution is 2.17. The molecule has 0 atom stereocenters. The van der Waals surface area contributed by atoms with E-state index >= 15 is 0 Å². The fourth-order valence-corrected chi connectivity index (χ4v) is 2.70. The molecule has 0 aliphatic carbocycles. The molecule has 0 aliphatic rings. The predicted molar refractivity (Wildman–Crippen MR) is 110 cm³/mol. The van der Waals surface area contributed by atoms with Crippen molar-refractivity contribution in [3.8, 4) is 0 Å². The second-order valence-corrected chi connectivity index (χ2v) is 6.00. The van der Waals surface area contributed by atoms with Crippen molar-refractivity contribution in [3.05, 3.63) is 46.9 Å². The van der Waals surface area contributed by atoms with Crippen LogP contribution in [0.5, 0.6) is 0 Å². The Morgan fingerprint density at radius 2 is 2.12 bits per heavy atom. The van der Waals surface area contributed by atoms with E-state index in [2.05, 4.69) is 25.8 Å². The van der Waals surface area contributed by atoms with Crippen LogP contribution in [-0.2, 0) is 18.8 Å². The van der Waals surface area contributed by atoms with Gasteiger partial charge in [-0.2, -0.15) is 16.7 Å². The quantitative estimate of drug-likeness (QED) is 0.361. The van der Waals surface area contributed by atoms with E-state index in [0.29, 0.717) is 30.8 Å². The number of nitrogens with zero attached hydrogens (tertiary/aromatic N) is 3. The highest BCUT2D eigenvalue weighted by molar-refractivity contribution is 14.0. The van der Waals surface area contributed by atoms with Crippen molar-refractivity contribution < 1.29 is 8.91 Å². The van der Waals surface area contributed by atoms with Crippen molar-refractivity contribution in [2.24, 2.45) is 4.99 Å². The van der Waals surface area contributed by atoms with Gasteiger partial charge in [-0.3, -0.25) is 0 Å². The maximum absolute atomic E-state index is 13.4. The molecule has 0 bridgehead atoms. The standard InChI is InChI=1S/C16H22FN5OS.HI/c1-4-18-16(20-9-15-21-11(2)22-23-15)19-8-12-5-6-14(17)7-13(12)10-24-3;/h5-7H,4,8-10H2,1-3H3,(H2,18,19,20);1H. The van der Waals surface area contributed by atoms with Crippen molar-refractivity contribution in [1.29, 1.82) is 0 Å². The van der Waals surface area contributed by atoms with Crippen LogP contribution < -0.4 is 10.6 Å². The Kier molecular flexibility index (Phi) is 9.79. The molecule has 1 aromatic carbocycles. The number of aryl methyl sites for hydroxylation is 1. The number of rotatable bonds is 7. The summed E-state index contributed by atoms with van der Waals surface area (Å²) in [6, 6.07) is 4.83. The minimum Gasteiger partial charge on any atom is -0.357 e. The zero-order valence-corrected chi connectivity index (χ0v) is 17.7. The second-order valence-electron chi connectivity index (χ2n) is 5.13. The summed E-state index contributed by atoms with van der Waals surface area (Å²) in [6.07, 6.45) is 2.00. The Labute approximate surface area is 168 Å². The van der Waals surface area contributed by atoms with Gasteiger partial charge in [-0.25, -0.2) is 9.38 Å². The molecule has 2 rings (SSSR count). The lowest BCUT2D eigenvalue weighted by Gasteiger charge is -2.11. The van der Waals surface area contributed by atoms with Crippen LogP contribution in [0.1, 0.15) is 29.8 Å². The number of thioether (sulfide) groups is 1.